The molecule has 0 aliphatic heterocycles. The molecule has 4 nitrogen and oxygen atoms in total. The molecule has 6 atom stereocenters. The van der Waals surface area contributed by atoms with Crippen molar-refractivity contribution in [1.82, 2.24) is 0 Å². The fraction of sp³-hybridized carbons (Fsp3) is 0.842. The van der Waals surface area contributed by atoms with E-state index in [1.54, 1.807) is 0 Å². The third-order valence-electron chi connectivity index (χ3n) is 8.19. The number of ketones is 2. The number of Topliss-reactive ketones (excluding diaryl/α,β-unsaturated/α-hetero) is 2. The SMILES string of the molecule is CC12CCC3C(CCC4CC(=O)CCC43C)C1C/C(=N\O)C2=O. The van der Waals surface area contributed by atoms with Crippen molar-refractivity contribution in [2.24, 2.45) is 39.7 Å². The number of carbonyl (C=O) groups excluding carboxylic acids is 2. The Balaban J connectivity index is 1.67. The molecule has 4 fully saturated rings. The molecule has 126 valence electrons. The smallest absolute Gasteiger partial charge is 0.186 e. The van der Waals surface area contributed by atoms with Crippen LogP contribution in [0.5, 0.6) is 0 Å². The lowest BCUT2D eigenvalue weighted by Gasteiger charge is -2.59. The summed E-state index contributed by atoms with van der Waals surface area (Å²) in [4.78, 5) is 24.5. The summed E-state index contributed by atoms with van der Waals surface area (Å²) in [5.41, 5.74) is 0.334. The number of nitrogens with zero attached hydrogens (tertiary/aromatic N) is 1. The third-order valence-corrected chi connectivity index (χ3v) is 8.19. The molecule has 0 bridgehead atoms. The first-order valence-electron chi connectivity index (χ1n) is 9.17. The molecule has 0 heterocycles. The van der Waals surface area contributed by atoms with Gasteiger partial charge in [-0.25, -0.2) is 0 Å². The third kappa shape index (κ3) is 1.93. The average molecular weight is 317 g/mol. The lowest BCUT2D eigenvalue weighted by molar-refractivity contribution is -0.143. The van der Waals surface area contributed by atoms with Crippen LogP contribution in [0, 0.1) is 34.5 Å². The second kappa shape index (κ2) is 4.90. The summed E-state index contributed by atoms with van der Waals surface area (Å²) in [6.07, 6.45) is 7.42. The zero-order valence-corrected chi connectivity index (χ0v) is 14.2. The summed E-state index contributed by atoms with van der Waals surface area (Å²) < 4.78 is 0. The van der Waals surface area contributed by atoms with Gasteiger partial charge in [0.25, 0.3) is 0 Å². The van der Waals surface area contributed by atoms with Crippen LogP contribution in [0.4, 0.5) is 0 Å². The fourth-order valence-corrected chi connectivity index (χ4v) is 6.74. The molecule has 0 aromatic heterocycles. The Hall–Kier alpha value is -1.19. The zero-order chi connectivity index (χ0) is 16.4. The molecular weight excluding hydrogens is 290 g/mol. The summed E-state index contributed by atoms with van der Waals surface area (Å²) in [5, 5.41) is 12.5. The molecule has 23 heavy (non-hydrogen) atoms. The maximum Gasteiger partial charge on any atom is 0.186 e. The van der Waals surface area contributed by atoms with Gasteiger partial charge < -0.3 is 5.21 Å². The van der Waals surface area contributed by atoms with Crippen LogP contribution in [-0.2, 0) is 9.59 Å². The van der Waals surface area contributed by atoms with Gasteiger partial charge in [0.1, 0.15) is 11.5 Å². The second-order valence-electron chi connectivity index (χ2n) is 8.94. The van der Waals surface area contributed by atoms with E-state index in [1.807, 2.05) is 0 Å². The lowest BCUT2D eigenvalue weighted by atomic mass is 9.45. The first kappa shape index (κ1) is 15.3. The van der Waals surface area contributed by atoms with Crippen LogP contribution in [0.1, 0.15) is 65.2 Å². The minimum Gasteiger partial charge on any atom is -0.411 e. The maximum atomic E-state index is 12.6. The molecule has 0 radical (unpaired) electrons. The Bertz CT molecular complexity index is 597. The maximum absolute atomic E-state index is 12.6. The Labute approximate surface area is 137 Å². The van der Waals surface area contributed by atoms with Crippen molar-refractivity contribution in [3.63, 3.8) is 0 Å². The number of oxime groups is 1. The van der Waals surface area contributed by atoms with E-state index in [1.165, 1.54) is 0 Å². The number of hydrogen-bond donors (Lipinski definition) is 1. The molecule has 4 aliphatic carbocycles. The Morgan fingerprint density at radius 1 is 1.04 bits per heavy atom. The highest BCUT2D eigenvalue weighted by Crippen LogP contribution is 2.64. The van der Waals surface area contributed by atoms with Gasteiger partial charge in [-0.1, -0.05) is 19.0 Å². The first-order chi connectivity index (χ1) is 10.9. The molecule has 0 amide bonds. The molecule has 0 spiro atoms. The van der Waals surface area contributed by atoms with Gasteiger partial charge in [0.15, 0.2) is 5.78 Å². The van der Waals surface area contributed by atoms with E-state index in [0.717, 1.165) is 44.9 Å². The molecule has 4 rings (SSSR count). The van der Waals surface area contributed by atoms with Crippen LogP contribution in [-0.4, -0.2) is 22.5 Å². The summed E-state index contributed by atoms with van der Waals surface area (Å²) in [7, 11) is 0. The standard InChI is InChI=1S/C19H27NO3/c1-18-7-5-12(21)9-11(18)3-4-13-14(18)6-8-19(2)15(13)10-16(20-23)17(19)22/h11,13-15,23H,3-10H2,1-2H3/b20-16+. The predicted octanol–water partition coefficient (Wildman–Crippen LogP) is 3.61. The number of rotatable bonds is 0. The quantitative estimate of drug-likeness (QED) is 0.548. The van der Waals surface area contributed by atoms with E-state index in [2.05, 4.69) is 19.0 Å². The molecule has 0 aromatic carbocycles. The summed E-state index contributed by atoms with van der Waals surface area (Å²) in [6, 6.07) is 0. The monoisotopic (exact) mass is 317 g/mol. The van der Waals surface area contributed by atoms with Crippen LogP contribution in [0.2, 0.25) is 0 Å². The zero-order valence-electron chi connectivity index (χ0n) is 14.2. The van der Waals surface area contributed by atoms with Crippen LogP contribution in [0.25, 0.3) is 0 Å². The Kier molecular flexibility index (Phi) is 3.27. The van der Waals surface area contributed by atoms with E-state index < -0.39 is 0 Å². The van der Waals surface area contributed by atoms with E-state index in [-0.39, 0.29) is 16.6 Å². The van der Waals surface area contributed by atoms with Gasteiger partial charge in [0.2, 0.25) is 0 Å². The van der Waals surface area contributed by atoms with Gasteiger partial charge in [-0.15, -0.1) is 0 Å². The van der Waals surface area contributed by atoms with Crippen molar-refractivity contribution in [2.75, 3.05) is 0 Å². The highest BCUT2D eigenvalue weighted by atomic mass is 16.4. The normalized spacial score (nSPS) is 51.3. The highest BCUT2D eigenvalue weighted by molar-refractivity contribution is 6.43. The number of hydrogen-bond acceptors (Lipinski definition) is 4. The van der Waals surface area contributed by atoms with Crippen molar-refractivity contribution in [3.8, 4) is 0 Å². The summed E-state index contributed by atoms with van der Waals surface area (Å²) >= 11 is 0. The molecule has 0 saturated heterocycles. The van der Waals surface area contributed by atoms with Gasteiger partial charge in [0.05, 0.1) is 0 Å². The van der Waals surface area contributed by atoms with E-state index in [4.69, 9.17) is 0 Å². The topological polar surface area (TPSA) is 66.7 Å². The number of fused-ring (bicyclic) bond motifs is 5. The summed E-state index contributed by atoms with van der Waals surface area (Å²) in [5.74, 6) is 2.56. The molecule has 4 aliphatic rings. The Morgan fingerprint density at radius 2 is 1.83 bits per heavy atom. The largest absolute Gasteiger partial charge is 0.411 e. The average Bonchev–Trinajstić information content (AvgIpc) is 2.79. The molecule has 1 N–H and O–H groups in total. The van der Waals surface area contributed by atoms with Crippen LogP contribution >= 0.6 is 0 Å². The van der Waals surface area contributed by atoms with Gasteiger partial charge in [-0.3, -0.25) is 9.59 Å². The first-order valence-corrected chi connectivity index (χ1v) is 9.17. The lowest BCUT2D eigenvalue weighted by Crippen LogP contribution is -2.53. The van der Waals surface area contributed by atoms with Crippen LogP contribution in [0.15, 0.2) is 5.16 Å². The minimum absolute atomic E-state index is 0.0783. The van der Waals surface area contributed by atoms with Crippen LogP contribution in [0.3, 0.4) is 0 Å². The molecule has 4 saturated carbocycles. The number of carbonyl (C=O) groups is 2. The van der Waals surface area contributed by atoms with Gasteiger partial charge in [-0.2, -0.15) is 0 Å². The van der Waals surface area contributed by atoms with E-state index in [9.17, 15) is 14.8 Å². The minimum atomic E-state index is -0.323. The fourth-order valence-electron chi connectivity index (χ4n) is 6.74. The highest BCUT2D eigenvalue weighted by Gasteiger charge is 2.61. The Morgan fingerprint density at radius 3 is 2.57 bits per heavy atom. The molecule has 6 unspecified atom stereocenters. The van der Waals surface area contributed by atoms with Crippen molar-refractivity contribution in [1.29, 1.82) is 0 Å². The van der Waals surface area contributed by atoms with Gasteiger partial charge in [0, 0.05) is 24.7 Å². The van der Waals surface area contributed by atoms with Crippen molar-refractivity contribution in [2.45, 2.75) is 65.2 Å². The second-order valence-corrected chi connectivity index (χ2v) is 8.94. The van der Waals surface area contributed by atoms with E-state index in [0.29, 0.717) is 41.6 Å². The summed E-state index contributed by atoms with van der Waals surface area (Å²) in [6.45, 7) is 4.49. The van der Waals surface area contributed by atoms with Gasteiger partial charge >= 0.3 is 0 Å². The van der Waals surface area contributed by atoms with Crippen molar-refractivity contribution >= 4 is 17.3 Å². The van der Waals surface area contributed by atoms with Crippen molar-refractivity contribution < 1.29 is 14.8 Å². The molecule has 4 heteroatoms. The van der Waals surface area contributed by atoms with Crippen LogP contribution < -0.4 is 0 Å². The predicted molar refractivity (Wildman–Crippen MR) is 86.3 cm³/mol. The van der Waals surface area contributed by atoms with Crippen molar-refractivity contribution in [3.05, 3.63) is 0 Å². The van der Waals surface area contributed by atoms with Gasteiger partial charge in [-0.05, 0) is 61.2 Å². The molecular formula is C19H27NO3. The van der Waals surface area contributed by atoms with E-state index >= 15 is 0 Å². The molecule has 0 aromatic rings.